The molecule has 0 heterocycles. The van der Waals surface area contributed by atoms with E-state index in [4.69, 9.17) is 4.74 Å². The fourth-order valence-electron chi connectivity index (χ4n) is 2.31. The molecule has 0 saturated carbocycles. The first kappa shape index (κ1) is 13.8. The standard InChI is InChI=1S/C15H22O2/c1-6-14(15(3,4)5)12-8-7-9-13(10-12)17-11(2)16/h7-10,14H,6H2,1-5H3. The van der Waals surface area contributed by atoms with Crippen LogP contribution in [0.5, 0.6) is 5.75 Å². The molecule has 0 saturated heterocycles. The van der Waals surface area contributed by atoms with E-state index in [-0.39, 0.29) is 11.4 Å². The summed E-state index contributed by atoms with van der Waals surface area (Å²) in [6, 6.07) is 7.84. The van der Waals surface area contributed by atoms with Crippen molar-refractivity contribution in [3.63, 3.8) is 0 Å². The van der Waals surface area contributed by atoms with Crippen molar-refractivity contribution in [3.05, 3.63) is 29.8 Å². The molecule has 1 atom stereocenters. The van der Waals surface area contributed by atoms with Crippen LogP contribution < -0.4 is 4.74 Å². The van der Waals surface area contributed by atoms with Crippen LogP contribution in [0.3, 0.4) is 0 Å². The molecule has 0 aromatic heterocycles. The quantitative estimate of drug-likeness (QED) is 0.580. The highest BCUT2D eigenvalue weighted by molar-refractivity contribution is 5.69. The van der Waals surface area contributed by atoms with Crippen LogP contribution in [-0.2, 0) is 4.79 Å². The maximum absolute atomic E-state index is 10.9. The zero-order valence-electron chi connectivity index (χ0n) is 11.4. The van der Waals surface area contributed by atoms with Gasteiger partial charge in [-0.15, -0.1) is 0 Å². The Hall–Kier alpha value is -1.31. The summed E-state index contributed by atoms with van der Waals surface area (Å²) < 4.78 is 5.12. The third kappa shape index (κ3) is 3.88. The van der Waals surface area contributed by atoms with Crippen molar-refractivity contribution in [2.45, 2.75) is 47.0 Å². The normalized spacial score (nSPS) is 13.2. The molecule has 1 aromatic carbocycles. The lowest BCUT2D eigenvalue weighted by atomic mass is 9.75. The predicted molar refractivity (Wildman–Crippen MR) is 70.2 cm³/mol. The van der Waals surface area contributed by atoms with Crippen LogP contribution in [0.2, 0.25) is 0 Å². The molecular weight excluding hydrogens is 212 g/mol. The summed E-state index contributed by atoms with van der Waals surface area (Å²) in [6.45, 7) is 10.3. The second-order valence-electron chi connectivity index (χ2n) is 5.49. The third-order valence-corrected chi connectivity index (χ3v) is 2.98. The van der Waals surface area contributed by atoms with Crippen LogP contribution in [0.15, 0.2) is 24.3 Å². The van der Waals surface area contributed by atoms with Crippen LogP contribution in [0, 0.1) is 5.41 Å². The maximum atomic E-state index is 10.9. The first-order valence-corrected chi connectivity index (χ1v) is 6.13. The molecule has 2 nitrogen and oxygen atoms in total. The highest BCUT2D eigenvalue weighted by atomic mass is 16.5. The number of hydrogen-bond acceptors (Lipinski definition) is 2. The van der Waals surface area contributed by atoms with Crippen molar-refractivity contribution < 1.29 is 9.53 Å². The molecule has 0 radical (unpaired) electrons. The summed E-state index contributed by atoms with van der Waals surface area (Å²) in [7, 11) is 0. The molecule has 94 valence electrons. The second kappa shape index (κ2) is 5.35. The van der Waals surface area contributed by atoms with Gasteiger partial charge in [-0.2, -0.15) is 0 Å². The number of esters is 1. The van der Waals surface area contributed by atoms with Gasteiger partial charge in [0, 0.05) is 6.92 Å². The topological polar surface area (TPSA) is 26.3 Å². The molecule has 0 amide bonds. The lowest BCUT2D eigenvalue weighted by Gasteiger charge is -2.30. The smallest absolute Gasteiger partial charge is 0.308 e. The van der Waals surface area contributed by atoms with E-state index in [2.05, 4.69) is 33.8 Å². The van der Waals surface area contributed by atoms with E-state index in [1.54, 1.807) is 0 Å². The summed E-state index contributed by atoms with van der Waals surface area (Å²) in [5.41, 5.74) is 1.45. The summed E-state index contributed by atoms with van der Waals surface area (Å²) in [5.74, 6) is 0.835. The summed E-state index contributed by atoms with van der Waals surface area (Å²) in [5, 5.41) is 0. The molecule has 0 aliphatic heterocycles. The van der Waals surface area contributed by atoms with E-state index >= 15 is 0 Å². The summed E-state index contributed by atoms with van der Waals surface area (Å²) in [6.07, 6.45) is 1.08. The van der Waals surface area contributed by atoms with Crippen LogP contribution in [0.25, 0.3) is 0 Å². The Morgan fingerprint density at radius 2 is 2.00 bits per heavy atom. The molecule has 17 heavy (non-hydrogen) atoms. The molecule has 1 unspecified atom stereocenters. The van der Waals surface area contributed by atoms with Crippen LogP contribution >= 0.6 is 0 Å². The van der Waals surface area contributed by atoms with Gasteiger partial charge < -0.3 is 4.74 Å². The highest BCUT2D eigenvalue weighted by Crippen LogP contribution is 2.38. The fraction of sp³-hybridized carbons (Fsp3) is 0.533. The number of carbonyl (C=O) groups is 1. The Morgan fingerprint density at radius 1 is 1.35 bits per heavy atom. The van der Waals surface area contributed by atoms with Gasteiger partial charge in [0.25, 0.3) is 0 Å². The molecule has 2 heteroatoms. The van der Waals surface area contributed by atoms with Crippen LogP contribution in [0.4, 0.5) is 0 Å². The van der Waals surface area contributed by atoms with Crippen molar-refractivity contribution in [2.75, 3.05) is 0 Å². The van der Waals surface area contributed by atoms with Crippen LogP contribution in [-0.4, -0.2) is 5.97 Å². The molecule has 1 rings (SSSR count). The Morgan fingerprint density at radius 3 is 2.47 bits per heavy atom. The average Bonchev–Trinajstić information content (AvgIpc) is 2.15. The van der Waals surface area contributed by atoms with Crippen molar-refractivity contribution in [1.29, 1.82) is 0 Å². The third-order valence-electron chi connectivity index (χ3n) is 2.98. The number of carbonyl (C=O) groups excluding carboxylic acids is 1. The maximum Gasteiger partial charge on any atom is 0.308 e. The molecule has 0 fully saturated rings. The zero-order chi connectivity index (χ0) is 13.1. The van der Waals surface area contributed by atoms with Gasteiger partial charge in [0.2, 0.25) is 0 Å². The van der Waals surface area contributed by atoms with Gasteiger partial charge in [-0.3, -0.25) is 4.79 Å². The van der Waals surface area contributed by atoms with Gasteiger partial charge in [-0.25, -0.2) is 0 Å². The molecular formula is C15H22O2. The first-order valence-electron chi connectivity index (χ1n) is 6.13. The minimum Gasteiger partial charge on any atom is -0.427 e. The van der Waals surface area contributed by atoms with Gasteiger partial charge in [-0.05, 0) is 35.4 Å². The van der Waals surface area contributed by atoms with Gasteiger partial charge in [0.05, 0.1) is 0 Å². The number of benzene rings is 1. The fourth-order valence-corrected chi connectivity index (χ4v) is 2.31. The van der Waals surface area contributed by atoms with Crippen LogP contribution in [0.1, 0.15) is 52.5 Å². The predicted octanol–water partition coefficient (Wildman–Crippen LogP) is 4.15. The Kier molecular flexibility index (Phi) is 4.33. The number of rotatable bonds is 3. The van der Waals surface area contributed by atoms with E-state index in [1.165, 1.54) is 12.5 Å². The van der Waals surface area contributed by atoms with Crippen molar-refractivity contribution in [3.8, 4) is 5.75 Å². The number of hydrogen-bond donors (Lipinski definition) is 0. The Balaban J connectivity index is 3.01. The minimum atomic E-state index is -0.272. The van der Waals surface area contributed by atoms with E-state index in [0.29, 0.717) is 11.7 Å². The summed E-state index contributed by atoms with van der Waals surface area (Å²) >= 11 is 0. The monoisotopic (exact) mass is 234 g/mol. The Labute approximate surface area is 104 Å². The molecule has 0 N–H and O–H groups in total. The van der Waals surface area contributed by atoms with E-state index in [1.807, 2.05) is 18.2 Å². The van der Waals surface area contributed by atoms with Gasteiger partial charge >= 0.3 is 5.97 Å². The van der Waals surface area contributed by atoms with Gasteiger partial charge in [0.1, 0.15) is 5.75 Å². The van der Waals surface area contributed by atoms with Gasteiger partial charge in [-0.1, -0.05) is 39.8 Å². The second-order valence-corrected chi connectivity index (χ2v) is 5.49. The van der Waals surface area contributed by atoms with E-state index in [0.717, 1.165) is 6.42 Å². The molecule has 0 bridgehead atoms. The van der Waals surface area contributed by atoms with Crippen molar-refractivity contribution >= 4 is 5.97 Å². The SMILES string of the molecule is CCC(c1cccc(OC(C)=O)c1)C(C)(C)C. The lowest BCUT2D eigenvalue weighted by Crippen LogP contribution is -2.17. The zero-order valence-corrected chi connectivity index (χ0v) is 11.4. The molecule has 1 aromatic rings. The van der Waals surface area contributed by atoms with E-state index < -0.39 is 0 Å². The first-order chi connectivity index (χ1) is 7.84. The summed E-state index contributed by atoms with van der Waals surface area (Å²) in [4.78, 5) is 10.9. The van der Waals surface area contributed by atoms with Crippen molar-refractivity contribution in [1.82, 2.24) is 0 Å². The molecule has 0 aliphatic carbocycles. The largest absolute Gasteiger partial charge is 0.427 e. The minimum absolute atomic E-state index is 0.212. The van der Waals surface area contributed by atoms with Crippen molar-refractivity contribution in [2.24, 2.45) is 5.41 Å². The highest BCUT2D eigenvalue weighted by Gasteiger charge is 2.24. The molecule has 0 spiro atoms. The number of ether oxygens (including phenoxy) is 1. The Bertz CT molecular complexity index is 388. The lowest BCUT2D eigenvalue weighted by molar-refractivity contribution is -0.131. The van der Waals surface area contributed by atoms with Gasteiger partial charge in [0.15, 0.2) is 0 Å². The van der Waals surface area contributed by atoms with E-state index in [9.17, 15) is 4.79 Å². The molecule has 0 aliphatic rings. The average molecular weight is 234 g/mol.